The topological polar surface area (TPSA) is 63.6 Å². The number of carbonyl (C=O) groups excluding carboxylic acids is 1. The van der Waals surface area contributed by atoms with Gasteiger partial charge in [0.25, 0.3) is 0 Å². The van der Waals surface area contributed by atoms with Gasteiger partial charge in [-0.2, -0.15) is 0 Å². The van der Waals surface area contributed by atoms with Crippen LogP contribution in [0, 0.1) is 12.3 Å². The maximum Gasteiger partial charge on any atom is 0.323 e. The van der Waals surface area contributed by atoms with Gasteiger partial charge in [-0.25, -0.2) is 0 Å². The number of aryl methyl sites for hydroxylation is 1. The van der Waals surface area contributed by atoms with E-state index in [2.05, 4.69) is 0 Å². The molecule has 4 nitrogen and oxygen atoms in total. The van der Waals surface area contributed by atoms with Crippen molar-refractivity contribution < 1.29 is 19.4 Å². The predicted octanol–water partition coefficient (Wildman–Crippen LogP) is 2.58. The summed E-state index contributed by atoms with van der Waals surface area (Å²) in [6.07, 6.45) is 0.354. The van der Waals surface area contributed by atoms with Crippen LogP contribution in [0.1, 0.15) is 31.4 Å². The van der Waals surface area contributed by atoms with Gasteiger partial charge in [0.2, 0.25) is 0 Å². The van der Waals surface area contributed by atoms with Gasteiger partial charge in [0, 0.05) is 0 Å². The molecule has 0 fully saturated rings. The van der Waals surface area contributed by atoms with Crippen molar-refractivity contribution in [1.29, 1.82) is 0 Å². The third kappa shape index (κ3) is 3.34. The lowest BCUT2D eigenvalue weighted by Gasteiger charge is -2.25. The van der Waals surface area contributed by atoms with E-state index >= 15 is 0 Å². The molecule has 1 unspecified atom stereocenters. The summed E-state index contributed by atoms with van der Waals surface area (Å²) in [6, 6.07) is 7.51. The second-order valence-electron chi connectivity index (χ2n) is 4.62. The fraction of sp³-hybridized carbons (Fsp3) is 0.467. The molecule has 0 aromatic heterocycles. The summed E-state index contributed by atoms with van der Waals surface area (Å²) in [7, 11) is 0. The third-order valence-electron chi connectivity index (χ3n) is 3.31. The fourth-order valence-corrected chi connectivity index (χ4v) is 1.98. The molecule has 0 bridgehead atoms. The smallest absolute Gasteiger partial charge is 0.323 e. The first-order valence-electron chi connectivity index (χ1n) is 6.42. The van der Waals surface area contributed by atoms with Gasteiger partial charge in [0.15, 0.2) is 5.41 Å². The Balaban J connectivity index is 3.06. The largest absolute Gasteiger partial charge is 0.480 e. The van der Waals surface area contributed by atoms with Crippen LogP contribution in [0.5, 0.6) is 0 Å². The van der Waals surface area contributed by atoms with Crippen LogP contribution in [-0.2, 0) is 20.7 Å². The average Bonchev–Trinajstić information content (AvgIpc) is 2.38. The van der Waals surface area contributed by atoms with E-state index in [-0.39, 0.29) is 19.4 Å². The molecule has 0 aliphatic rings. The number of carboxylic acids is 1. The highest BCUT2D eigenvalue weighted by molar-refractivity contribution is 5.99. The summed E-state index contributed by atoms with van der Waals surface area (Å²) < 4.78 is 4.94. The number of carbonyl (C=O) groups is 2. The number of benzene rings is 1. The van der Waals surface area contributed by atoms with Crippen molar-refractivity contribution in [3.8, 4) is 0 Å². The molecule has 104 valence electrons. The molecule has 0 saturated carbocycles. The highest BCUT2D eigenvalue weighted by Crippen LogP contribution is 2.29. The molecule has 1 atom stereocenters. The molecule has 0 amide bonds. The molecule has 1 rings (SSSR count). The minimum absolute atomic E-state index is 0.151. The van der Waals surface area contributed by atoms with Crippen molar-refractivity contribution in [2.75, 3.05) is 6.61 Å². The normalized spacial score (nSPS) is 13.6. The Morgan fingerprint density at radius 3 is 2.21 bits per heavy atom. The highest BCUT2D eigenvalue weighted by atomic mass is 16.5. The van der Waals surface area contributed by atoms with Crippen LogP contribution >= 0.6 is 0 Å². The maximum atomic E-state index is 12.0. The summed E-state index contributed by atoms with van der Waals surface area (Å²) in [4.78, 5) is 23.5. The van der Waals surface area contributed by atoms with Crippen LogP contribution in [0.15, 0.2) is 24.3 Å². The van der Waals surface area contributed by atoms with E-state index in [1.165, 1.54) is 0 Å². The monoisotopic (exact) mass is 264 g/mol. The van der Waals surface area contributed by atoms with E-state index < -0.39 is 17.4 Å². The first kappa shape index (κ1) is 15.2. The van der Waals surface area contributed by atoms with Crippen LogP contribution in [-0.4, -0.2) is 23.7 Å². The summed E-state index contributed by atoms with van der Waals surface area (Å²) in [5, 5.41) is 9.44. The minimum Gasteiger partial charge on any atom is -0.480 e. The van der Waals surface area contributed by atoms with Gasteiger partial charge in [0.1, 0.15) is 0 Å². The average molecular weight is 264 g/mol. The highest BCUT2D eigenvalue weighted by Gasteiger charge is 2.46. The Kier molecular flexibility index (Phi) is 5.10. The molecular formula is C15H20O4. The predicted molar refractivity (Wildman–Crippen MR) is 71.9 cm³/mol. The number of aliphatic carboxylic acids is 1. The maximum absolute atomic E-state index is 12.0. The molecule has 0 aliphatic carbocycles. The Hall–Kier alpha value is -1.84. The van der Waals surface area contributed by atoms with Gasteiger partial charge >= 0.3 is 11.9 Å². The van der Waals surface area contributed by atoms with Crippen molar-refractivity contribution in [1.82, 2.24) is 0 Å². The molecule has 0 saturated heterocycles. The van der Waals surface area contributed by atoms with Crippen LogP contribution in [0.4, 0.5) is 0 Å². The second kappa shape index (κ2) is 6.36. The van der Waals surface area contributed by atoms with Gasteiger partial charge in [-0.3, -0.25) is 9.59 Å². The van der Waals surface area contributed by atoms with Gasteiger partial charge in [-0.1, -0.05) is 36.8 Å². The number of hydrogen-bond acceptors (Lipinski definition) is 3. The SMILES string of the molecule is CCOC(=O)C(CC)(Cc1ccc(C)cc1)C(=O)O. The molecule has 0 radical (unpaired) electrons. The molecular weight excluding hydrogens is 244 g/mol. The number of rotatable bonds is 6. The third-order valence-corrected chi connectivity index (χ3v) is 3.31. The van der Waals surface area contributed by atoms with Crippen molar-refractivity contribution >= 4 is 11.9 Å². The zero-order chi connectivity index (χ0) is 14.5. The van der Waals surface area contributed by atoms with Gasteiger partial charge in [-0.05, 0) is 32.3 Å². The Bertz CT molecular complexity index is 450. The minimum atomic E-state index is -1.49. The van der Waals surface area contributed by atoms with Crippen LogP contribution in [0.2, 0.25) is 0 Å². The Morgan fingerprint density at radius 1 is 1.21 bits per heavy atom. The number of ether oxygens (including phenoxy) is 1. The molecule has 1 N–H and O–H groups in total. The van der Waals surface area contributed by atoms with Crippen molar-refractivity contribution in [3.05, 3.63) is 35.4 Å². The number of hydrogen-bond donors (Lipinski definition) is 1. The first-order valence-corrected chi connectivity index (χ1v) is 6.42. The van der Waals surface area contributed by atoms with Crippen molar-refractivity contribution in [2.45, 2.75) is 33.6 Å². The first-order chi connectivity index (χ1) is 8.96. The molecule has 1 aromatic carbocycles. The summed E-state index contributed by atoms with van der Waals surface area (Å²) >= 11 is 0. The van der Waals surface area contributed by atoms with Gasteiger partial charge in [0.05, 0.1) is 6.61 Å². The zero-order valence-electron chi connectivity index (χ0n) is 11.6. The van der Waals surface area contributed by atoms with E-state index in [4.69, 9.17) is 4.74 Å². The Morgan fingerprint density at radius 2 is 1.79 bits per heavy atom. The standard InChI is InChI=1S/C15H20O4/c1-4-15(13(16)17,14(18)19-5-2)10-12-8-6-11(3)7-9-12/h6-9H,4-5,10H2,1-3H3,(H,16,17). The summed E-state index contributed by atoms with van der Waals surface area (Å²) in [5.41, 5.74) is 0.422. The van der Waals surface area contributed by atoms with Crippen LogP contribution in [0.25, 0.3) is 0 Å². The van der Waals surface area contributed by atoms with E-state index in [9.17, 15) is 14.7 Å². The lowest BCUT2D eigenvalue weighted by atomic mass is 9.79. The van der Waals surface area contributed by atoms with Gasteiger partial charge in [-0.15, -0.1) is 0 Å². The second-order valence-corrected chi connectivity index (χ2v) is 4.62. The fourth-order valence-electron chi connectivity index (χ4n) is 1.98. The zero-order valence-corrected chi connectivity index (χ0v) is 11.6. The van der Waals surface area contributed by atoms with Crippen LogP contribution in [0.3, 0.4) is 0 Å². The van der Waals surface area contributed by atoms with E-state index in [1.54, 1.807) is 13.8 Å². The molecule has 1 aromatic rings. The number of carboxylic acid groups (broad SMARTS) is 1. The quantitative estimate of drug-likeness (QED) is 0.633. The molecule has 0 aliphatic heterocycles. The Labute approximate surface area is 113 Å². The van der Waals surface area contributed by atoms with E-state index in [1.807, 2.05) is 31.2 Å². The molecule has 4 heteroatoms. The number of esters is 1. The molecule has 19 heavy (non-hydrogen) atoms. The van der Waals surface area contributed by atoms with Crippen LogP contribution < -0.4 is 0 Å². The van der Waals surface area contributed by atoms with Gasteiger partial charge < -0.3 is 9.84 Å². The lowest BCUT2D eigenvalue weighted by molar-refractivity contribution is -0.168. The summed E-state index contributed by atoms with van der Waals surface area (Å²) in [5.74, 6) is -1.79. The van der Waals surface area contributed by atoms with E-state index in [0.29, 0.717) is 0 Å². The summed E-state index contributed by atoms with van der Waals surface area (Å²) in [6.45, 7) is 5.51. The van der Waals surface area contributed by atoms with E-state index in [0.717, 1.165) is 11.1 Å². The molecule has 0 spiro atoms. The van der Waals surface area contributed by atoms with Crippen molar-refractivity contribution in [3.63, 3.8) is 0 Å². The van der Waals surface area contributed by atoms with Crippen molar-refractivity contribution in [2.24, 2.45) is 5.41 Å². The lowest BCUT2D eigenvalue weighted by Crippen LogP contribution is -2.42. The molecule has 0 heterocycles.